The molecule has 4 amide bonds. The van der Waals surface area contributed by atoms with Gasteiger partial charge in [-0.25, -0.2) is 0 Å². The van der Waals surface area contributed by atoms with Crippen molar-refractivity contribution < 1.29 is 28.7 Å². The fraction of sp³-hybridized carbons (Fsp3) is 0.273. The van der Waals surface area contributed by atoms with Crippen molar-refractivity contribution in [2.75, 3.05) is 17.7 Å². The molecule has 10 heteroatoms. The van der Waals surface area contributed by atoms with Crippen LogP contribution in [-0.2, 0) is 14.4 Å². The number of carbonyl (C=O) groups excluding carboxylic acids is 4. The minimum Gasteiger partial charge on any atom is -0.494 e. The van der Waals surface area contributed by atoms with Gasteiger partial charge in [0.05, 0.1) is 30.1 Å². The number of para-hydroxylation sites is 1. The molecule has 1 aliphatic heterocycles. The van der Waals surface area contributed by atoms with Gasteiger partial charge in [0.15, 0.2) is 11.9 Å². The molecule has 1 aliphatic rings. The van der Waals surface area contributed by atoms with Gasteiger partial charge in [0.25, 0.3) is 11.8 Å². The lowest BCUT2D eigenvalue weighted by atomic mass is 10.1. The second-order valence-electron chi connectivity index (χ2n) is 7.16. The number of fused-ring (bicyclic) bond motifs is 1. The van der Waals surface area contributed by atoms with Gasteiger partial charge in [0, 0.05) is 0 Å². The molecular formula is C22H24N4O6. The molecule has 0 spiro atoms. The van der Waals surface area contributed by atoms with Crippen molar-refractivity contribution in [1.82, 2.24) is 5.32 Å². The third-order valence-corrected chi connectivity index (χ3v) is 4.98. The number of methoxy groups -OCH3 is 1. The van der Waals surface area contributed by atoms with Crippen LogP contribution in [0.3, 0.4) is 0 Å². The zero-order valence-corrected chi connectivity index (χ0v) is 17.9. The van der Waals surface area contributed by atoms with Gasteiger partial charge in [-0.3, -0.25) is 19.2 Å². The molecular weight excluding hydrogens is 416 g/mol. The van der Waals surface area contributed by atoms with Crippen molar-refractivity contribution in [3.8, 4) is 11.5 Å². The van der Waals surface area contributed by atoms with E-state index >= 15 is 0 Å². The summed E-state index contributed by atoms with van der Waals surface area (Å²) in [6.07, 6.45) is -0.0675. The summed E-state index contributed by atoms with van der Waals surface area (Å²) in [6.45, 7) is 3.55. The second-order valence-corrected chi connectivity index (χ2v) is 7.16. The third kappa shape index (κ3) is 4.64. The van der Waals surface area contributed by atoms with Crippen molar-refractivity contribution in [3.63, 3.8) is 0 Å². The first-order chi connectivity index (χ1) is 15.2. The Kier molecular flexibility index (Phi) is 6.62. The summed E-state index contributed by atoms with van der Waals surface area (Å²) in [4.78, 5) is 48.3. The summed E-state index contributed by atoms with van der Waals surface area (Å²) in [7, 11) is 1.32. The Hall–Kier alpha value is -4.08. The maximum absolute atomic E-state index is 12.4. The molecule has 0 fully saturated rings. The highest BCUT2D eigenvalue weighted by atomic mass is 16.5. The smallest absolute Gasteiger partial charge is 0.313 e. The molecule has 2 aromatic rings. The second kappa shape index (κ2) is 9.38. The van der Waals surface area contributed by atoms with Crippen molar-refractivity contribution >= 4 is 35.0 Å². The highest BCUT2D eigenvalue weighted by Crippen LogP contribution is 2.33. The van der Waals surface area contributed by atoms with Crippen molar-refractivity contribution in [3.05, 3.63) is 47.5 Å². The number of anilines is 2. The lowest BCUT2D eigenvalue weighted by Crippen LogP contribution is -2.37. The Morgan fingerprint density at radius 1 is 1.22 bits per heavy atom. The van der Waals surface area contributed by atoms with Crippen molar-refractivity contribution in [1.29, 1.82) is 0 Å². The third-order valence-electron chi connectivity index (χ3n) is 4.98. The van der Waals surface area contributed by atoms with Gasteiger partial charge in [0.1, 0.15) is 5.75 Å². The van der Waals surface area contributed by atoms with Crippen LogP contribution in [0.15, 0.2) is 36.4 Å². The number of ether oxygens (including phenoxy) is 2. The lowest BCUT2D eigenvalue weighted by molar-refractivity contribution is -0.136. The van der Waals surface area contributed by atoms with E-state index in [0.29, 0.717) is 23.4 Å². The summed E-state index contributed by atoms with van der Waals surface area (Å²) in [5.41, 5.74) is 6.75. The molecule has 0 aromatic heterocycles. The number of nitrogens with two attached hydrogens (primary N) is 1. The van der Waals surface area contributed by atoms with E-state index in [1.54, 1.807) is 25.1 Å². The van der Waals surface area contributed by atoms with Crippen LogP contribution in [0.2, 0.25) is 0 Å². The Balaban J connectivity index is 1.70. The zero-order valence-electron chi connectivity index (χ0n) is 17.9. The van der Waals surface area contributed by atoms with Gasteiger partial charge in [-0.2, -0.15) is 0 Å². The number of carbonyl (C=O) groups is 4. The van der Waals surface area contributed by atoms with Gasteiger partial charge in [-0.05, 0) is 43.2 Å². The monoisotopic (exact) mass is 440 g/mol. The van der Waals surface area contributed by atoms with E-state index in [9.17, 15) is 19.2 Å². The summed E-state index contributed by atoms with van der Waals surface area (Å²) < 4.78 is 10.9. The number of amides is 4. The van der Waals surface area contributed by atoms with Crippen LogP contribution < -0.4 is 31.2 Å². The number of primary amides is 1. The fourth-order valence-corrected chi connectivity index (χ4v) is 3.27. The summed E-state index contributed by atoms with van der Waals surface area (Å²) in [6, 6.07) is 9.02. The average molecular weight is 440 g/mol. The molecule has 5 N–H and O–H groups in total. The zero-order chi connectivity index (χ0) is 23.4. The van der Waals surface area contributed by atoms with E-state index in [1.165, 1.54) is 25.3 Å². The SMILES string of the molecule is CCC1Oc2cc(C(C)NC(=O)C(=O)Nc3cccc(C(N)=O)c3OC)ccc2NC1=O. The van der Waals surface area contributed by atoms with E-state index in [0.717, 1.165) is 0 Å². The molecule has 10 nitrogen and oxygen atoms in total. The number of hydrogen-bond acceptors (Lipinski definition) is 6. The molecule has 0 aliphatic carbocycles. The standard InChI is InChI=1S/C22H24N4O6/c1-4-16-20(28)25-14-9-8-12(10-17(14)32-16)11(2)24-21(29)22(30)26-15-7-5-6-13(19(23)27)18(15)31-3/h5-11,16H,4H2,1-3H3,(H2,23,27)(H,24,29)(H,25,28)(H,26,30). The predicted molar refractivity (Wildman–Crippen MR) is 116 cm³/mol. The number of rotatable bonds is 6. The van der Waals surface area contributed by atoms with Crippen LogP contribution in [-0.4, -0.2) is 36.8 Å². The Morgan fingerprint density at radius 2 is 1.97 bits per heavy atom. The quantitative estimate of drug-likeness (QED) is 0.503. The molecule has 0 radical (unpaired) electrons. The van der Waals surface area contributed by atoms with Gasteiger partial charge >= 0.3 is 11.8 Å². The maximum atomic E-state index is 12.4. The first-order valence-corrected chi connectivity index (χ1v) is 9.95. The molecule has 1 heterocycles. The van der Waals surface area contributed by atoms with E-state index in [2.05, 4.69) is 16.0 Å². The van der Waals surface area contributed by atoms with Crippen LogP contribution in [0.5, 0.6) is 11.5 Å². The molecule has 32 heavy (non-hydrogen) atoms. The fourth-order valence-electron chi connectivity index (χ4n) is 3.27. The number of nitrogens with one attached hydrogen (secondary N) is 3. The van der Waals surface area contributed by atoms with Gasteiger partial charge in [-0.1, -0.05) is 19.1 Å². The summed E-state index contributed by atoms with van der Waals surface area (Å²) in [5, 5.41) is 7.81. The topological polar surface area (TPSA) is 149 Å². The first kappa shape index (κ1) is 22.6. The Labute approximate surface area is 184 Å². The van der Waals surface area contributed by atoms with Gasteiger partial charge < -0.3 is 31.2 Å². The predicted octanol–water partition coefficient (Wildman–Crippen LogP) is 1.72. The highest BCUT2D eigenvalue weighted by Gasteiger charge is 2.27. The molecule has 2 atom stereocenters. The largest absolute Gasteiger partial charge is 0.494 e. The normalized spacial score (nSPS) is 15.5. The van der Waals surface area contributed by atoms with E-state index in [1.807, 2.05) is 6.92 Å². The van der Waals surface area contributed by atoms with E-state index in [-0.39, 0.29) is 22.9 Å². The summed E-state index contributed by atoms with van der Waals surface area (Å²) >= 11 is 0. The average Bonchev–Trinajstić information content (AvgIpc) is 2.77. The minimum atomic E-state index is -0.940. The molecule has 2 aromatic carbocycles. The van der Waals surface area contributed by atoms with Gasteiger partial charge in [0.2, 0.25) is 0 Å². The molecule has 0 bridgehead atoms. The van der Waals surface area contributed by atoms with E-state index in [4.69, 9.17) is 15.2 Å². The van der Waals surface area contributed by atoms with Crippen molar-refractivity contribution in [2.24, 2.45) is 5.73 Å². The molecule has 0 saturated heterocycles. The number of benzene rings is 2. The van der Waals surface area contributed by atoms with Crippen LogP contribution in [0.25, 0.3) is 0 Å². The highest BCUT2D eigenvalue weighted by molar-refractivity contribution is 6.40. The van der Waals surface area contributed by atoms with E-state index < -0.39 is 29.9 Å². The molecule has 3 rings (SSSR count). The molecule has 2 unspecified atom stereocenters. The van der Waals surface area contributed by atoms with Crippen LogP contribution in [0.1, 0.15) is 42.2 Å². The Morgan fingerprint density at radius 3 is 2.62 bits per heavy atom. The first-order valence-electron chi connectivity index (χ1n) is 9.95. The molecule has 0 saturated carbocycles. The maximum Gasteiger partial charge on any atom is 0.313 e. The minimum absolute atomic E-state index is 0.0635. The Bertz CT molecular complexity index is 1080. The van der Waals surface area contributed by atoms with Crippen LogP contribution in [0.4, 0.5) is 11.4 Å². The van der Waals surface area contributed by atoms with Crippen molar-refractivity contribution in [2.45, 2.75) is 32.4 Å². The number of hydrogen-bond donors (Lipinski definition) is 4. The molecule has 168 valence electrons. The van der Waals surface area contributed by atoms with Crippen LogP contribution in [0, 0.1) is 0 Å². The van der Waals surface area contributed by atoms with Gasteiger partial charge in [-0.15, -0.1) is 0 Å². The lowest BCUT2D eigenvalue weighted by Gasteiger charge is -2.26. The van der Waals surface area contributed by atoms with Crippen LogP contribution >= 0.6 is 0 Å². The summed E-state index contributed by atoms with van der Waals surface area (Å²) in [5.74, 6) is -2.21.